The number of nitrogens with zero attached hydrogens (tertiary/aromatic N) is 4. The van der Waals surface area contributed by atoms with E-state index in [1.807, 2.05) is 93.8 Å². The molecule has 490 valence electrons. The van der Waals surface area contributed by atoms with Gasteiger partial charge in [-0.05, 0) is 146 Å². The Morgan fingerprint density at radius 1 is 0.576 bits per heavy atom. The Balaban J connectivity index is 1.28. The standard InChI is InChI=1S/C66H78N8O15S3/c1-8-11-16-27-68-62(78)53-35-41(34-52(71-53)61(77)67-10-3)47-39-50-59(46-21-15-14-20-44(46)47)74(31-19-32-90(81,82)83)57(65(50,4)5)23-18-22-56-66(6,7)51-40-48(45-26-25-43(92(87,88)89)38-49(45)60(51)73(56)30-9-2)42-36-54(63(79)69-28-17-12-13-24-58(75)76)72-55(37-42)64(80)70-29-33-91(84,85)86/h14-15,18,20-23,25-26,34-40H,8-13,16-17,19,24,27-33H2,1-7H3,(H7-,67,68,69,70,75,76,77,78,79,80,81,82,83,84,85,86,87,88,89)/p+1. The van der Waals surface area contributed by atoms with E-state index in [2.05, 4.69) is 43.1 Å². The molecule has 0 unspecified atom stereocenters. The lowest BCUT2D eigenvalue weighted by Crippen LogP contribution is -2.31. The van der Waals surface area contributed by atoms with Crippen LogP contribution in [0.25, 0.3) is 43.8 Å². The normalized spacial score (nSPS) is 14.9. The van der Waals surface area contributed by atoms with E-state index in [0.717, 1.165) is 52.7 Å². The van der Waals surface area contributed by atoms with Crippen LogP contribution in [0.4, 0.5) is 11.4 Å². The van der Waals surface area contributed by atoms with Gasteiger partial charge < -0.3 is 31.3 Å². The molecular weight excluding hydrogens is 1240 g/mol. The van der Waals surface area contributed by atoms with Crippen LogP contribution in [-0.2, 0) is 46.0 Å². The molecule has 0 bridgehead atoms. The monoisotopic (exact) mass is 1320 g/mol. The number of aliphatic carboxylic acids is 1. The van der Waals surface area contributed by atoms with E-state index in [1.165, 1.54) is 30.3 Å². The summed E-state index contributed by atoms with van der Waals surface area (Å²) in [5, 5.41) is 22.4. The highest BCUT2D eigenvalue weighted by atomic mass is 32.2. The van der Waals surface area contributed by atoms with Gasteiger partial charge in [0.15, 0.2) is 5.71 Å². The molecule has 0 aliphatic carbocycles. The second kappa shape index (κ2) is 28.7. The highest BCUT2D eigenvalue weighted by Gasteiger charge is 2.47. The molecule has 0 radical (unpaired) electrons. The van der Waals surface area contributed by atoms with Crippen molar-refractivity contribution in [3.63, 3.8) is 0 Å². The SMILES string of the molecule is CCCCCNC(=O)c1cc(-c2cc3c(c4ccccc24)[N+](CCCS(=O)(=O)O)=C(/C=C/C=C2/N(CCC)c4c(cc(-c5cc(C(=O)NCCCCCC(=O)O)nc(C(=O)NCCS(=O)(=O)O)c5)c5ccc(S(=O)(=O)O)cc45)C2(C)C)C3(C)C)cc(C(=O)NCC)n1. The molecule has 92 heavy (non-hydrogen) atoms. The number of hydrogen-bond acceptors (Lipinski definition) is 14. The zero-order chi connectivity index (χ0) is 67.1. The number of hydrogen-bond donors (Lipinski definition) is 8. The van der Waals surface area contributed by atoms with E-state index in [4.69, 9.17) is 5.11 Å². The lowest BCUT2D eigenvalue weighted by Gasteiger charge is -2.27. The number of rotatable bonds is 29. The predicted molar refractivity (Wildman–Crippen MR) is 353 cm³/mol. The Labute approximate surface area is 536 Å². The van der Waals surface area contributed by atoms with Crippen molar-refractivity contribution in [3.05, 3.63) is 137 Å². The summed E-state index contributed by atoms with van der Waals surface area (Å²) >= 11 is 0. The first-order valence-corrected chi connectivity index (χ1v) is 35.3. The fourth-order valence-electron chi connectivity index (χ4n) is 12.0. The van der Waals surface area contributed by atoms with E-state index in [0.29, 0.717) is 84.0 Å². The molecule has 4 aromatic carbocycles. The number of carboxylic acid groups (broad SMARTS) is 1. The van der Waals surface area contributed by atoms with Crippen LogP contribution in [0, 0.1) is 0 Å². The number of carbonyl (C=O) groups excluding carboxylic acids is 4. The van der Waals surface area contributed by atoms with E-state index in [9.17, 15) is 62.9 Å². The molecule has 0 spiro atoms. The van der Waals surface area contributed by atoms with Gasteiger partial charge in [-0.3, -0.25) is 37.6 Å². The smallest absolute Gasteiger partial charge is 0.303 e. The van der Waals surface area contributed by atoms with Crippen LogP contribution in [0.15, 0.2) is 108 Å². The van der Waals surface area contributed by atoms with Crippen molar-refractivity contribution < 1.29 is 72.6 Å². The number of fused-ring (bicyclic) bond motifs is 6. The van der Waals surface area contributed by atoms with Crippen molar-refractivity contribution in [1.82, 2.24) is 31.2 Å². The van der Waals surface area contributed by atoms with E-state index < -0.39 is 93.7 Å². The fourth-order valence-corrected chi connectivity index (χ4v) is 13.4. The third kappa shape index (κ3) is 16.0. The molecule has 6 aromatic rings. The number of aromatic nitrogens is 2. The number of pyridine rings is 2. The van der Waals surface area contributed by atoms with Crippen LogP contribution in [-0.4, -0.2) is 145 Å². The second-order valence-corrected chi connectivity index (χ2v) is 28.5. The summed E-state index contributed by atoms with van der Waals surface area (Å²) < 4.78 is 106. The Kier molecular flexibility index (Phi) is 21.7. The van der Waals surface area contributed by atoms with E-state index >= 15 is 0 Å². The fraction of sp³-hybridized carbons (Fsp3) is 0.394. The maximum Gasteiger partial charge on any atom is 0.303 e. The van der Waals surface area contributed by atoms with Gasteiger partial charge in [-0.15, -0.1) is 0 Å². The van der Waals surface area contributed by atoms with Crippen molar-refractivity contribution in [2.24, 2.45) is 0 Å². The Morgan fingerprint density at radius 2 is 1.11 bits per heavy atom. The van der Waals surface area contributed by atoms with Gasteiger partial charge in [0.1, 0.15) is 29.3 Å². The summed E-state index contributed by atoms with van der Waals surface area (Å²) in [4.78, 5) is 76.7. The highest BCUT2D eigenvalue weighted by molar-refractivity contribution is 7.86. The summed E-state index contributed by atoms with van der Waals surface area (Å²) in [6, 6.07) is 21.9. The largest absolute Gasteiger partial charge is 0.481 e. The van der Waals surface area contributed by atoms with Gasteiger partial charge in [0.2, 0.25) is 5.69 Å². The topological polar surface area (TPSA) is 349 Å². The molecule has 8 N–H and O–H groups in total. The minimum absolute atomic E-state index is 0.0352. The number of carbonyl (C=O) groups is 5. The van der Waals surface area contributed by atoms with Crippen molar-refractivity contribution in [1.29, 1.82) is 0 Å². The Bertz CT molecular complexity index is 4370. The van der Waals surface area contributed by atoms with Crippen molar-refractivity contribution >= 4 is 98.6 Å². The molecule has 0 fully saturated rings. The van der Waals surface area contributed by atoms with Crippen molar-refractivity contribution in [2.45, 2.75) is 122 Å². The van der Waals surface area contributed by atoms with Crippen molar-refractivity contribution in [2.75, 3.05) is 55.7 Å². The van der Waals surface area contributed by atoms with Gasteiger partial charge in [-0.1, -0.05) is 77.3 Å². The van der Waals surface area contributed by atoms with E-state index in [-0.39, 0.29) is 54.3 Å². The predicted octanol–water partition coefficient (Wildman–Crippen LogP) is 9.33. The van der Waals surface area contributed by atoms with Crippen LogP contribution in [0.3, 0.4) is 0 Å². The Morgan fingerprint density at radius 3 is 1.64 bits per heavy atom. The second-order valence-electron chi connectivity index (χ2n) is 23.9. The first-order chi connectivity index (χ1) is 43.4. The number of benzene rings is 4. The molecule has 8 rings (SSSR count). The molecule has 0 atom stereocenters. The third-order valence-corrected chi connectivity index (χ3v) is 18.9. The minimum atomic E-state index is -4.80. The van der Waals surface area contributed by atoms with Gasteiger partial charge in [0, 0.05) is 73.7 Å². The van der Waals surface area contributed by atoms with Crippen LogP contribution < -0.4 is 26.2 Å². The number of amides is 4. The summed E-state index contributed by atoms with van der Waals surface area (Å²) in [5.74, 6) is -4.74. The van der Waals surface area contributed by atoms with Gasteiger partial charge >= 0.3 is 5.97 Å². The number of allylic oxidation sites excluding steroid dienone is 4. The lowest BCUT2D eigenvalue weighted by atomic mass is 9.79. The first-order valence-electron chi connectivity index (χ1n) is 30.7. The van der Waals surface area contributed by atoms with Crippen LogP contribution >= 0.6 is 0 Å². The molecule has 2 aliphatic heterocycles. The zero-order valence-corrected chi connectivity index (χ0v) is 55.0. The first kappa shape index (κ1) is 69.6. The molecule has 0 saturated carbocycles. The molecular formula is C66H79N8O15S3+. The summed E-state index contributed by atoms with van der Waals surface area (Å²) in [5.41, 5.74) is 4.22. The maximum absolute atomic E-state index is 13.9. The molecule has 23 nitrogen and oxygen atoms in total. The van der Waals surface area contributed by atoms with Gasteiger partial charge in [0.25, 0.3) is 54.0 Å². The lowest BCUT2D eigenvalue weighted by molar-refractivity contribution is -0.435. The molecule has 2 aliphatic rings. The molecule has 4 heterocycles. The number of unbranched alkanes of at least 4 members (excludes halogenated alkanes) is 4. The summed E-state index contributed by atoms with van der Waals surface area (Å²) in [6.07, 6.45) is 10.3. The molecule has 26 heteroatoms. The summed E-state index contributed by atoms with van der Waals surface area (Å²) in [6.45, 7) is 14.8. The maximum atomic E-state index is 13.9. The van der Waals surface area contributed by atoms with Crippen LogP contribution in [0.2, 0.25) is 0 Å². The number of carboxylic acids is 1. The van der Waals surface area contributed by atoms with Crippen LogP contribution in [0.1, 0.15) is 159 Å². The van der Waals surface area contributed by atoms with Crippen molar-refractivity contribution in [3.8, 4) is 22.3 Å². The Hall–Kier alpha value is -8.27. The third-order valence-electron chi connectivity index (χ3n) is 16.5. The summed E-state index contributed by atoms with van der Waals surface area (Å²) in [7, 11) is -13.7. The molecule has 4 amide bonds. The molecule has 2 aromatic heterocycles. The average molecular weight is 1320 g/mol. The molecule has 0 saturated heterocycles. The van der Waals surface area contributed by atoms with Gasteiger partial charge in [0.05, 0.1) is 32.9 Å². The van der Waals surface area contributed by atoms with Gasteiger partial charge in [-0.25, -0.2) is 9.97 Å². The van der Waals surface area contributed by atoms with Crippen LogP contribution in [0.5, 0.6) is 0 Å². The number of nitrogens with one attached hydrogen (secondary N) is 4. The van der Waals surface area contributed by atoms with Gasteiger partial charge in [-0.2, -0.15) is 29.8 Å². The highest BCUT2D eigenvalue weighted by Crippen LogP contribution is 2.54. The average Bonchev–Trinajstić information content (AvgIpc) is 1.54. The minimum Gasteiger partial charge on any atom is -0.481 e. The van der Waals surface area contributed by atoms with E-state index in [1.54, 1.807) is 19.1 Å². The quantitative estimate of drug-likeness (QED) is 0.0123. The number of anilines is 1. The zero-order valence-electron chi connectivity index (χ0n) is 52.6.